The van der Waals surface area contributed by atoms with E-state index in [1.54, 1.807) is 9.47 Å². The molecule has 1 saturated heterocycles. The number of aromatic nitrogens is 1. The van der Waals surface area contributed by atoms with Crippen LogP contribution in [-0.4, -0.2) is 34.8 Å². The van der Waals surface area contributed by atoms with Gasteiger partial charge < -0.3 is 24.5 Å². The van der Waals surface area contributed by atoms with E-state index in [0.717, 1.165) is 18.9 Å². The maximum Gasteiger partial charge on any atom is 1.00 e. The molecule has 1 aromatic carbocycles. The third-order valence-electron chi connectivity index (χ3n) is 4.82. The van der Waals surface area contributed by atoms with Gasteiger partial charge in [-0.05, 0) is 25.3 Å². The van der Waals surface area contributed by atoms with E-state index in [9.17, 15) is 24.2 Å². The number of fused-ring (bicyclic) bond motifs is 1. The average molecular weight is 389 g/mol. The molecule has 0 unspecified atom stereocenters. The Hall–Kier alpha value is -1.12. The number of carboxylic acid groups (broad SMARTS) is 1. The summed E-state index contributed by atoms with van der Waals surface area (Å²) in [5.41, 5.74) is -0.836. The molecule has 0 radical (unpaired) electrons. The number of rotatable bonds is 3. The van der Waals surface area contributed by atoms with Crippen molar-refractivity contribution in [3.63, 3.8) is 0 Å². The van der Waals surface area contributed by atoms with Crippen LogP contribution in [0.1, 0.15) is 35.7 Å². The third-order valence-corrected chi connectivity index (χ3v) is 5.18. The van der Waals surface area contributed by atoms with Crippen molar-refractivity contribution >= 4 is 34.2 Å². The summed E-state index contributed by atoms with van der Waals surface area (Å²) in [7, 11) is 0. The van der Waals surface area contributed by atoms with Crippen molar-refractivity contribution in [2.45, 2.75) is 31.4 Å². The maximum atomic E-state index is 14.7. The van der Waals surface area contributed by atoms with E-state index in [1.807, 2.05) is 0 Å². The fourth-order valence-electron chi connectivity index (χ4n) is 3.45. The Morgan fingerprint density at radius 1 is 1.35 bits per heavy atom. The summed E-state index contributed by atoms with van der Waals surface area (Å²) in [6.45, 7) is 0.709. The number of benzene rings is 1. The second kappa shape index (κ2) is 7.13. The van der Waals surface area contributed by atoms with E-state index in [-0.39, 0.29) is 58.2 Å². The monoisotopic (exact) mass is 388 g/mol. The molecule has 2 aliphatic rings. The standard InChI is InChI=1S/C17H16ClFN2O4.Na/c18-13-14-10(5-12(19)15(13)20-4-3-9(22)6-20)16(23)11(17(24)25)7-21(14)8-1-2-8;/h5,7-9,22H,1-4,6H2,(H,24,25);/q;+1/p-1/t9-;/m0./s1. The first kappa shape index (κ1) is 19.6. The van der Waals surface area contributed by atoms with E-state index in [0.29, 0.717) is 18.5 Å². The number of halogens is 2. The van der Waals surface area contributed by atoms with Crippen molar-refractivity contribution < 1.29 is 49.0 Å². The normalized spacial score (nSPS) is 19.7. The molecule has 2 fully saturated rings. The molecule has 0 amide bonds. The molecule has 1 aliphatic carbocycles. The molecule has 0 spiro atoms. The summed E-state index contributed by atoms with van der Waals surface area (Å²) in [5.74, 6) is -2.30. The van der Waals surface area contributed by atoms with Gasteiger partial charge >= 0.3 is 29.6 Å². The topological polar surface area (TPSA) is 85.6 Å². The van der Waals surface area contributed by atoms with Crippen LogP contribution in [0.3, 0.4) is 0 Å². The van der Waals surface area contributed by atoms with Gasteiger partial charge in [-0.3, -0.25) is 4.79 Å². The Bertz CT molecular complexity index is 960. The molecule has 0 bridgehead atoms. The molecule has 6 nitrogen and oxygen atoms in total. The van der Waals surface area contributed by atoms with Crippen molar-refractivity contribution in [3.05, 3.63) is 38.9 Å². The minimum absolute atomic E-state index is 0. The van der Waals surface area contributed by atoms with E-state index < -0.39 is 28.9 Å². The van der Waals surface area contributed by atoms with Crippen molar-refractivity contribution in [2.75, 3.05) is 18.0 Å². The third kappa shape index (κ3) is 3.16. The zero-order valence-corrected chi connectivity index (χ0v) is 16.9. The first-order valence-electron chi connectivity index (χ1n) is 8.09. The zero-order chi connectivity index (χ0) is 17.9. The molecule has 132 valence electrons. The number of pyridine rings is 1. The number of aromatic carboxylic acids is 1. The quantitative estimate of drug-likeness (QED) is 0.619. The van der Waals surface area contributed by atoms with Gasteiger partial charge in [-0.1, -0.05) is 11.6 Å². The Balaban J connectivity index is 0.00000196. The minimum atomic E-state index is -1.59. The smallest absolute Gasteiger partial charge is 0.545 e. The predicted molar refractivity (Wildman–Crippen MR) is 88.6 cm³/mol. The van der Waals surface area contributed by atoms with Gasteiger partial charge in [-0.15, -0.1) is 0 Å². The van der Waals surface area contributed by atoms with Gasteiger partial charge in [-0.2, -0.15) is 0 Å². The van der Waals surface area contributed by atoms with Gasteiger partial charge in [0.15, 0.2) is 5.43 Å². The number of carbonyl (C=O) groups is 1. The molecule has 1 N–H and O–H groups in total. The molecule has 4 rings (SSSR count). The van der Waals surface area contributed by atoms with E-state index in [1.165, 1.54) is 6.20 Å². The maximum absolute atomic E-state index is 14.7. The number of hydrogen-bond acceptors (Lipinski definition) is 5. The molecule has 1 aromatic heterocycles. The van der Waals surface area contributed by atoms with Crippen LogP contribution in [0.5, 0.6) is 0 Å². The molecule has 1 aliphatic heterocycles. The molecule has 2 aromatic rings. The Morgan fingerprint density at radius 2 is 2.04 bits per heavy atom. The van der Waals surface area contributed by atoms with Crippen LogP contribution in [0.15, 0.2) is 17.1 Å². The molecule has 2 heterocycles. The van der Waals surface area contributed by atoms with E-state index in [4.69, 9.17) is 11.6 Å². The summed E-state index contributed by atoms with van der Waals surface area (Å²) in [5, 5.41) is 21.0. The zero-order valence-electron chi connectivity index (χ0n) is 14.2. The number of anilines is 1. The number of hydrogen-bond donors (Lipinski definition) is 1. The van der Waals surface area contributed by atoms with Crippen molar-refractivity contribution in [2.24, 2.45) is 0 Å². The van der Waals surface area contributed by atoms with Crippen LogP contribution in [0.2, 0.25) is 5.02 Å². The van der Waals surface area contributed by atoms with E-state index >= 15 is 0 Å². The second-order valence-electron chi connectivity index (χ2n) is 6.60. The molecular formula is C17H15ClFN2NaO4. The van der Waals surface area contributed by atoms with Crippen molar-refractivity contribution in [1.82, 2.24) is 4.57 Å². The van der Waals surface area contributed by atoms with Crippen LogP contribution in [0.4, 0.5) is 10.1 Å². The van der Waals surface area contributed by atoms with Gasteiger partial charge in [0, 0.05) is 25.3 Å². The fourth-order valence-corrected chi connectivity index (χ4v) is 3.86. The first-order chi connectivity index (χ1) is 11.9. The van der Waals surface area contributed by atoms with E-state index in [2.05, 4.69) is 0 Å². The van der Waals surface area contributed by atoms with Crippen LogP contribution in [0, 0.1) is 5.82 Å². The Morgan fingerprint density at radius 3 is 2.58 bits per heavy atom. The molecule has 26 heavy (non-hydrogen) atoms. The summed E-state index contributed by atoms with van der Waals surface area (Å²) in [6, 6.07) is 1.07. The predicted octanol–water partition coefficient (Wildman–Crippen LogP) is -1.93. The summed E-state index contributed by atoms with van der Waals surface area (Å²) in [6.07, 6.45) is 2.85. The number of nitrogens with zero attached hydrogens (tertiary/aromatic N) is 2. The minimum Gasteiger partial charge on any atom is -0.545 e. The largest absolute Gasteiger partial charge is 1.00 e. The average Bonchev–Trinajstić information content (AvgIpc) is 3.30. The van der Waals surface area contributed by atoms with Gasteiger partial charge in [0.05, 0.1) is 39.2 Å². The van der Waals surface area contributed by atoms with Crippen LogP contribution in [-0.2, 0) is 0 Å². The number of carbonyl (C=O) groups excluding carboxylic acids is 1. The van der Waals surface area contributed by atoms with Crippen molar-refractivity contribution in [1.29, 1.82) is 0 Å². The van der Waals surface area contributed by atoms with Gasteiger partial charge in [0.2, 0.25) is 0 Å². The van der Waals surface area contributed by atoms with Crippen LogP contribution < -0.4 is 45.0 Å². The molecule has 9 heteroatoms. The van der Waals surface area contributed by atoms with Gasteiger partial charge in [0.25, 0.3) is 0 Å². The Labute approximate surface area is 175 Å². The summed E-state index contributed by atoms with van der Waals surface area (Å²) < 4.78 is 16.3. The number of carboxylic acids is 1. The fraction of sp³-hybridized carbons (Fsp3) is 0.412. The molecule has 1 atom stereocenters. The number of β-amino-alcohol motifs (C(OH)–C–C–N with tert-alkyl or cyclic N) is 1. The second-order valence-corrected chi connectivity index (χ2v) is 6.98. The van der Waals surface area contributed by atoms with Crippen LogP contribution in [0.25, 0.3) is 10.9 Å². The van der Waals surface area contributed by atoms with Crippen molar-refractivity contribution in [3.8, 4) is 0 Å². The Kier molecular flexibility index (Phi) is 5.38. The molecule has 1 saturated carbocycles. The van der Waals surface area contributed by atoms with Gasteiger partial charge in [-0.25, -0.2) is 4.39 Å². The number of aliphatic hydroxyl groups is 1. The number of aliphatic hydroxyl groups excluding tert-OH is 1. The van der Waals surface area contributed by atoms with Crippen LogP contribution >= 0.6 is 11.6 Å². The molecular weight excluding hydrogens is 374 g/mol. The first-order valence-corrected chi connectivity index (χ1v) is 8.47. The SMILES string of the molecule is O=C([O-])c1cn(C2CC2)c2c(Cl)c(N3CC[C@H](O)C3)c(F)cc2c1=O.[Na+]. The summed E-state index contributed by atoms with van der Waals surface area (Å²) in [4.78, 5) is 25.3. The summed E-state index contributed by atoms with van der Waals surface area (Å²) >= 11 is 6.47. The van der Waals surface area contributed by atoms with Gasteiger partial charge in [0.1, 0.15) is 5.82 Å².